The van der Waals surface area contributed by atoms with E-state index in [2.05, 4.69) is 89.2 Å². The van der Waals surface area contributed by atoms with Gasteiger partial charge in [0.1, 0.15) is 0 Å². The van der Waals surface area contributed by atoms with Crippen molar-refractivity contribution in [1.29, 1.82) is 0 Å². The molecule has 4 nitrogen and oxygen atoms in total. The summed E-state index contributed by atoms with van der Waals surface area (Å²) in [5, 5.41) is 0. The van der Waals surface area contributed by atoms with Crippen LogP contribution in [0, 0.1) is 0 Å². The fraction of sp³-hybridized carbons (Fsp3) is 1.00. The molecule has 0 aromatic carbocycles. The van der Waals surface area contributed by atoms with Crippen molar-refractivity contribution in [2.75, 3.05) is 6.54 Å². The first-order chi connectivity index (χ1) is 8.18. The predicted molar refractivity (Wildman–Crippen MR) is 88.1 cm³/mol. The van der Waals surface area contributed by atoms with Gasteiger partial charge in [-0.3, -0.25) is 14.9 Å². The van der Waals surface area contributed by atoms with Crippen LogP contribution in [0.4, 0.5) is 0 Å². The largest absolute Gasteiger partial charge is 0.367 e. The monoisotopic (exact) mass is 288 g/mol. The van der Waals surface area contributed by atoms with Gasteiger partial charge in [-0.25, -0.2) is 0 Å². The van der Waals surface area contributed by atoms with Crippen molar-refractivity contribution >= 4 is 8.72 Å². The Hall–Kier alpha value is 0.0569. The van der Waals surface area contributed by atoms with E-state index < -0.39 is 8.72 Å². The van der Waals surface area contributed by atoms with Crippen molar-refractivity contribution in [2.24, 2.45) is 0 Å². The van der Waals surface area contributed by atoms with E-state index in [1.807, 2.05) is 0 Å². The third kappa shape index (κ3) is 9.57. The molecular weight excluding hydrogens is 252 g/mol. The fourth-order valence-corrected chi connectivity index (χ4v) is 6.54. The van der Waals surface area contributed by atoms with Crippen molar-refractivity contribution < 1.29 is 0 Å². The molecule has 0 atom stereocenters. The first-order valence-corrected chi connectivity index (χ1v) is 9.31. The van der Waals surface area contributed by atoms with Gasteiger partial charge in [0.15, 0.2) is 0 Å². The quantitative estimate of drug-likeness (QED) is 0.586. The Morgan fingerprint density at radius 2 is 0.895 bits per heavy atom. The Morgan fingerprint density at radius 1 is 0.632 bits per heavy atom. The zero-order valence-corrected chi connectivity index (χ0v) is 15.7. The highest BCUT2D eigenvalue weighted by Gasteiger charge is 2.43. The highest BCUT2D eigenvalue weighted by atomic mass is 28.4. The molecule has 0 saturated heterocycles. The minimum absolute atomic E-state index is 0.0465. The normalized spacial score (nSPS) is 14.8. The van der Waals surface area contributed by atoms with E-state index in [1.54, 1.807) is 0 Å². The van der Waals surface area contributed by atoms with Crippen LogP contribution < -0.4 is 19.9 Å². The molecule has 0 bridgehead atoms. The van der Waals surface area contributed by atoms with Gasteiger partial charge in [0.05, 0.1) is 0 Å². The number of rotatable bonds is 5. The second-order valence-electron chi connectivity index (χ2n) is 8.41. The second-order valence-corrected chi connectivity index (χ2v) is 11.0. The summed E-state index contributed by atoms with van der Waals surface area (Å²) in [7, 11) is -2.20. The molecule has 0 aromatic heterocycles. The molecule has 0 rings (SSSR count). The molecule has 0 fully saturated rings. The van der Waals surface area contributed by atoms with E-state index in [0.29, 0.717) is 0 Å². The van der Waals surface area contributed by atoms with Gasteiger partial charge >= 0.3 is 8.72 Å². The molecular formula is C14H36N4Si. The van der Waals surface area contributed by atoms with Crippen molar-refractivity contribution in [1.82, 2.24) is 19.9 Å². The van der Waals surface area contributed by atoms with Crippen LogP contribution >= 0.6 is 0 Å². The Bertz CT molecular complexity index is 230. The van der Waals surface area contributed by atoms with Gasteiger partial charge in [-0.05, 0) is 68.9 Å². The summed E-state index contributed by atoms with van der Waals surface area (Å²) in [5.41, 5.74) is 0.140. The first kappa shape index (κ1) is 19.1. The molecule has 0 aliphatic heterocycles. The van der Waals surface area contributed by atoms with Crippen molar-refractivity contribution in [3.8, 4) is 0 Å². The van der Waals surface area contributed by atoms with Crippen LogP contribution in [0.15, 0.2) is 0 Å². The molecule has 4 N–H and O–H groups in total. The summed E-state index contributed by atoms with van der Waals surface area (Å²) in [5.74, 6) is 0. The summed E-state index contributed by atoms with van der Waals surface area (Å²) in [4.78, 5) is 15.0. The lowest BCUT2D eigenvalue weighted by atomic mass is 10.1. The summed E-state index contributed by atoms with van der Waals surface area (Å²) in [6, 6.07) is 0. The highest BCUT2D eigenvalue weighted by molar-refractivity contribution is 6.70. The maximum absolute atomic E-state index is 3.79. The van der Waals surface area contributed by atoms with E-state index in [1.165, 1.54) is 0 Å². The summed E-state index contributed by atoms with van der Waals surface area (Å²) >= 11 is 0. The Labute approximate surface area is 121 Å². The van der Waals surface area contributed by atoms with Gasteiger partial charge in [-0.2, -0.15) is 0 Å². The van der Waals surface area contributed by atoms with Crippen LogP contribution in [0.3, 0.4) is 0 Å². The molecule has 19 heavy (non-hydrogen) atoms. The third-order valence-corrected chi connectivity index (χ3v) is 6.39. The maximum atomic E-state index is 3.79. The number of nitrogens with one attached hydrogen (secondary N) is 4. The van der Waals surface area contributed by atoms with E-state index in [-0.39, 0.29) is 16.6 Å². The standard InChI is InChI=1S/C14H36N4Si/c1-11-15-19(16-12(2,3)4,17-13(5,6)7)18-14(8,9)10/h15-18H,11H2,1-10H3. The number of hydrogen-bond donors (Lipinski definition) is 4. The van der Waals surface area contributed by atoms with Gasteiger partial charge in [0, 0.05) is 16.6 Å². The van der Waals surface area contributed by atoms with Crippen LogP contribution in [-0.2, 0) is 0 Å². The van der Waals surface area contributed by atoms with E-state index in [9.17, 15) is 0 Å². The smallest absolute Gasteiger partial charge is 0.301 e. The van der Waals surface area contributed by atoms with Crippen molar-refractivity contribution in [3.05, 3.63) is 0 Å². The fourth-order valence-electron chi connectivity index (χ4n) is 2.18. The third-order valence-electron chi connectivity index (χ3n) is 2.13. The average Bonchev–Trinajstić information content (AvgIpc) is 1.90. The highest BCUT2D eigenvalue weighted by Crippen LogP contribution is 2.11. The molecule has 0 unspecified atom stereocenters. The zero-order chi connectivity index (χ0) is 15.5. The van der Waals surface area contributed by atoms with E-state index in [4.69, 9.17) is 0 Å². The molecule has 0 aromatic rings. The Balaban J connectivity index is 5.34. The molecule has 0 amide bonds. The van der Waals surface area contributed by atoms with Crippen molar-refractivity contribution in [3.63, 3.8) is 0 Å². The van der Waals surface area contributed by atoms with Gasteiger partial charge in [0.2, 0.25) is 0 Å². The zero-order valence-electron chi connectivity index (χ0n) is 14.7. The SMILES string of the molecule is CCN[Si](NC(C)(C)C)(NC(C)(C)C)NC(C)(C)C. The van der Waals surface area contributed by atoms with E-state index in [0.717, 1.165) is 6.54 Å². The number of hydrogen-bond acceptors (Lipinski definition) is 4. The maximum Gasteiger partial charge on any atom is 0.367 e. The lowest BCUT2D eigenvalue weighted by molar-refractivity contribution is 0.405. The van der Waals surface area contributed by atoms with Gasteiger partial charge in [-0.1, -0.05) is 6.92 Å². The van der Waals surface area contributed by atoms with E-state index >= 15 is 0 Å². The van der Waals surface area contributed by atoms with Crippen LogP contribution in [-0.4, -0.2) is 31.9 Å². The van der Waals surface area contributed by atoms with Gasteiger partial charge in [-0.15, -0.1) is 0 Å². The summed E-state index contributed by atoms with van der Waals surface area (Å²) in [6.07, 6.45) is 0. The van der Waals surface area contributed by atoms with Crippen LogP contribution in [0.2, 0.25) is 0 Å². The van der Waals surface area contributed by atoms with Crippen molar-refractivity contribution in [2.45, 2.75) is 85.9 Å². The topological polar surface area (TPSA) is 48.1 Å². The Kier molecular flexibility index (Phi) is 6.24. The van der Waals surface area contributed by atoms with Crippen LogP contribution in [0.25, 0.3) is 0 Å². The van der Waals surface area contributed by atoms with Crippen LogP contribution in [0.5, 0.6) is 0 Å². The second kappa shape index (κ2) is 6.22. The summed E-state index contributed by atoms with van der Waals surface area (Å²) < 4.78 is 0. The lowest BCUT2D eigenvalue weighted by Crippen LogP contribution is -2.87. The van der Waals surface area contributed by atoms with Gasteiger partial charge < -0.3 is 4.98 Å². The first-order valence-electron chi connectivity index (χ1n) is 7.31. The molecule has 5 heteroatoms. The average molecular weight is 289 g/mol. The molecule has 0 aliphatic carbocycles. The Morgan fingerprint density at radius 3 is 1.05 bits per heavy atom. The van der Waals surface area contributed by atoms with Gasteiger partial charge in [0.25, 0.3) is 0 Å². The lowest BCUT2D eigenvalue weighted by Gasteiger charge is -2.46. The molecule has 0 radical (unpaired) electrons. The molecule has 0 heterocycles. The molecule has 0 aliphatic rings. The molecule has 0 saturated carbocycles. The molecule has 116 valence electrons. The summed E-state index contributed by atoms with van der Waals surface area (Å²) in [6.45, 7) is 23.0. The molecule has 0 spiro atoms. The predicted octanol–water partition coefficient (Wildman–Crippen LogP) is 2.20. The minimum Gasteiger partial charge on any atom is -0.301 e. The van der Waals surface area contributed by atoms with Crippen LogP contribution in [0.1, 0.15) is 69.2 Å². The minimum atomic E-state index is -2.20.